The van der Waals surface area contributed by atoms with Crippen molar-refractivity contribution in [3.8, 4) is 17.4 Å². The molecule has 0 aliphatic rings. The smallest absolute Gasteiger partial charge is 0.239 e. The minimum Gasteiger partial charge on any atom is -0.458 e. The Bertz CT molecular complexity index is 962. The number of aromatic nitrogens is 4. The highest BCUT2D eigenvalue weighted by molar-refractivity contribution is 5.91. The zero-order valence-electron chi connectivity index (χ0n) is 16.4. The Morgan fingerprint density at radius 1 is 1.21 bits per heavy atom. The minimum absolute atomic E-state index is 0.151. The number of nitrogens with one attached hydrogen (secondary N) is 2. The first-order valence-electron chi connectivity index (χ1n) is 8.95. The van der Waals surface area contributed by atoms with Crippen LogP contribution in [0.1, 0.15) is 17.1 Å². The monoisotopic (exact) mass is 384 g/mol. The number of rotatable bonds is 8. The SMILES string of the molecule is COCCNCC(=O)Nc1cc(-n2nc(C)cc2C)nc(-c2ccc(C)o2)n1. The average Bonchev–Trinajstić information content (AvgIpc) is 3.23. The number of anilines is 1. The van der Waals surface area contributed by atoms with Crippen molar-refractivity contribution < 1.29 is 13.9 Å². The molecule has 0 spiro atoms. The van der Waals surface area contributed by atoms with Crippen LogP contribution in [0.15, 0.2) is 28.7 Å². The summed E-state index contributed by atoms with van der Waals surface area (Å²) < 4.78 is 12.3. The Balaban J connectivity index is 1.89. The number of furan rings is 1. The third-order valence-electron chi connectivity index (χ3n) is 3.94. The highest BCUT2D eigenvalue weighted by Crippen LogP contribution is 2.22. The summed E-state index contributed by atoms with van der Waals surface area (Å²) >= 11 is 0. The zero-order valence-corrected chi connectivity index (χ0v) is 16.4. The van der Waals surface area contributed by atoms with E-state index in [1.165, 1.54) is 0 Å². The average molecular weight is 384 g/mol. The number of hydrogen-bond donors (Lipinski definition) is 2. The first-order chi connectivity index (χ1) is 13.5. The molecular formula is C19H24N6O3. The van der Waals surface area contributed by atoms with Crippen molar-refractivity contribution in [1.82, 2.24) is 25.1 Å². The highest BCUT2D eigenvalue weighted by Gasteiger charge is 2.15. The number of ether oxygens (including phenoxy) is 1. The Labute approximate surface area is 163 Å². The summed E-state index contributed by atoms with van der Waals surface area (Å²) in [5.74, 6) is 2.36. The van der Waals surface area contributed by atoms with Gasteiger partial charge in [-0.05, 0) is 39.0 Å². The van der Waals surface area contributed by atoms with E-state index in [2.05, 4.69) is 25.7 Å². The van der Waals surface area contributed by atoms with Crippen LogP contribution in [-0.4, -0.2) is 52.5 Å². The number of aryl methyl sites for hydroxylation is 3. The lowest BCUT2D eigenvalue weighted by molar-refractivity contribution is -0.115. The number of methoxy groups -OCH3 is 1. The number of nitrogens with zero attached hydrogens (tertiary/aromatic N) is 4. The molecule has 0 aromatic carbocycles. The molecule has 1 amide bonds. The molecule has 148 valence electrons. The minimum atomic E-state index is -0.212. The maximum atomic E-state index is 12.2. The van der Waals surface area contributed by atoms with Crippen molar-refractivity contribution in [2.24, 2.45) is 0 Å². The number of hydrogen-bond acceptors (Lipinski definition) is 7. The Hall–Kier alpha value is -3.04. The molecule has 3 aromatic heterocycles. The molecule has 9 nitrogen and oxygen atoms in total. The Kier molecular flexibility index (Phi) is 6.17. The van der Waals surface area contributed by atoms with E-state index in [1.54, 1.807) is 23.9 Å². The molecule has 3 heterocycles. The summed E-state index contributed by atoms with van der Waals surface area (Å²) in [6, 6.07) is 7.28. The molecule has 0 saturated heterocycles. The first kappa shape index (κ1) is 19.7. The van der Waals surface area contributed by atoms with Gasteiger partial charge in [0.15, 0.2) is 17.4 Å². The lowest BCUT2D eigenvalue weighted by Crippen LogP contribution is -2.30. The normalized spacial score (nSPS) is 11.0. The van der Waals surface area contributed by atoms with Gasteiger partial charge in [0.2, 0.25) is 5.91 Å². The van der Waals surface area contributed by atoms with Crippen LogP contribution in [0.4, 0.5) is 5.82 Å². The van der Waals surface area contributed by atoms with E-state index < -0.39 is 0 Å². The molecule has 0 radical (unpaired) electrons. The maximum absolute atomic E-state index is 12.2. The van der Waals surface area contributed by atoms with E-state index in [0.29, 0.717) is 36.4 Å². The molecule has 0 atom stereocenters. The van der Waals surface area contributed by atoms with Crippen LogP contribution in [-0.2, 0) is 9.53 Å². The van der Waals surface area contributed by atoms with Crippen molar-refractivity contribution in [1.29, 1.82) is 0 Å². The molecule has 0 saturated carbocycles. The molecule has 0 aliphatic heterocycles. The third kappa shape index (κ3) is 4.81. The Morgan fingerprint density at radius 2 is 2.04 bits per heavy atom. The van der Waals surface area contributed by atoms with Crippen LogP contribution in [0.5, 0.6) is 0 Å². The van der Waals surface area contributed by atoms with Gasteiger partial charge in [-0.15, -0.1) is 0 Å². The lowest BCUT2D eigenvalue weighted by atomic mass is 10.3. The van der Waals surface area contributed by atoms with E-state index in [1.807, 2.05) is 32.9 Å². The molecular weight excluding hydrogens is 360 g/mol. The van der Waals surface area contributed by atoms with E-state index in [0.717, 1.165) is 17.1 Å². The van der Waals surface area contributed by atoms with Crippen LogP contribution in [0, 0.1) is 20.8 Å². The van der Waals surface area contributed by atoms with Crippen molar-refractivity contribution in [2.75, 3.05) is 32.1 Å². The van der Waals surface area contributed by atoms with Crippen molar-refractivity contribution in [3.05, 3.63) is 41.4 Å². The fourth-order valence-corrected chi connectivity index (χ4v) is 2.70. The van der Waals surface area contributed by atoms with Gasteiger partial charge in [-0.1, -0.05) is 0 Å². The van der Waals surface area contributed by atoms with Crippen molar-refractivity contribution in [2.45, 2.75) is 20.8 Å². The van der Waals surface area contributed by atoms with E-state index in [9.17, 15) is 4.79 Å². The van der Waals surface area contributed by atoms with Crippen LogP contribution >= 0.6 is 0 Å². The molecule has 9 heteroatoms. The van der Waals surface area contributed by atoms with Crippen molar-refractivity contribution >= 4 is 11.7 Å². The molecule has 0 aliphatic carbocycles. The summed E-state index contributed by atoms with van der Waals surface area (Å²) in [7, 11) is 1.61. The fourth-order valence-electron chi connectivity index (χ4n) is 2.70. The molecule has 2 N–H and O–H groups in total. The summed E-state index contributed by atoms with van der Waals surface area (Å²) in [4.78, 5) is 21.2. The van der Waals surface area contributed by atoms with Gasteiger partial charge in [0.1, 0.15) is 11.6 Å². The molecule has 0 fully saturated rings. The van der Waals surface area contributed by atoms with Gasteiger partial charge in [-0.3, -0.25) is 4.79 Å². The van der Waals surface area contributed by atoms with Crippen LogP contribution in [0.2, 0.25) is 0 Å². The summed E-state index contributed by atoms with van der Waals surface area (Å²) in [6.45, 7) is 6.97. The predicted molar refractivity (Wildman–Crippen MR) is 104 cm³/mol. The summed E-state index contributed by atoms with van der Waals surface area (Å²) in [6.07, 6.45) is 0. The van der Waals surface area contributed by atoms with Gasteiger partial charge in [0.25, 0.3) is 0 Å². The predicted octanol–water partition coefficient (Wildman–Crippen LogP) is 2.02. The molecule has 3 rings (SSSR count). The van der Waals surface area contributed by atoms with Gasteiger partial charge in [0, 0.05) is 25.4 Å². The fraction of sp³-hybridized carbons (Fsp3) is 0.368. The second-order valence-corrected chi connectivity index (χ2v) is 6.40. The van der Waals surface area contributed by atoms with Crippen LogP contribution in [0.3, 0.4) is 0 Å². The molecule has 0 unspecified atom stereocenters. The zero-order chi connectivity index (χ0) is 20.1. The van der Waals surface area contributed by atoms with Gasteiger partial charge >= 0.3 is 0 Å². The second-order valence-electron chi connectivity index (χ2n) is 6.40. The lowest BCUT2D eigenvalue weighted by Gasteiger charge is -2.10. The largest absolute Gasteiger partial charge is 0.458 e. The highest BCUT2D eigenvalue weighted by atomic mass is 16.5. The summed E-state index contributed by atoms with van der Waals surface area (Å²) in [5.41, 5.74) is 1.80. The van der Waals surface area contributed by atoms with Crippen LogP contribution in [0.25, 0.3) is 17.4 Å². The number of carbonyl (C=O) groups excluding carboxylic acids is 1. The summed E-state index contributed by atoms with van der Waals surface area (Å²) in [5, 5.41) is 10.3. The van der Waals surface area contributed by atoms with Gasteiger partial charge < -0.3 is 19.8 Å². The number of amides is 1. The molecule has 28 heavy (non-hydrogen) atoms. The number of carbonyl (C=O) groups is 1. The van der Waals surface area contributed by atoms with E-state index >= 15 is 0 Å². The van der Waals surface area contributed by atoms with Crippen LogP contribution < -0.4 is 10.6 Å². The van der Waals surface area contributed by atoms with Gasteiger partial charge in [0.05, 0.1) is 18.8 Å². The maximum Gasteiger partial charge on any atom is 0.239 e. The second kappa shape index (κ2) is 8.77. The standard InChI is InChI=1S/C19H24N6O3/c1-12-9-13(2)25(24-12)17-10-16(21-18(26)11-20-7-8-27-4)22-19(23-17)15-6-5-14(3)28-15/h5-6,9-10,20H,7-8,11H2,1-4H3,(H,21,22,23,26). The van der Waals surface area contributed by atoms with Gasteiger partial charge in [-0.25, -0.2) is 14.6 Å². The topological polar surface area (TPSA) is 107 Å². The molecule has 3 aromatic rings. The Morgan fingerprint density at radius 3 is 2.68 bits per heavy atom. The van der Waals surface area contributed by atoms with E-state index in [-0.39, 0.29) is 12.5 Å². The first-order valence-corrected chi connectivity index (χ1v) is 8.95. The third-order valence-corrected chi connectivity index (χ3v) is 3.94. The molecule has 0 bridgehead atoms. The quantitative estimate of drug-likeness (QED) is 0.572. The van der Waals surface area contributed by atoms with E-state index in [4.69, 9.17) is 9.15 Å². The van der Waals surface area contributed by atoms with Crippen molar-refractivity contribution in [3.63, 3.8) is 0 Å². The van der Waals surface area contributed by atoms with Gasteiger partial charge in [-0.2, -0.15) is 5.10 Å².